The summed E-state index contributed by atoms with van der Waals surface area (Å²) in [5.74, 6) is 0.506. The Kier molecular flexibility index (Phi) is 1.95. The summed E-state index contributed by atoms with van der Waals surface area (Å²) < 4.78 is 0. The van der Waals surface area contributed by atoms with Crippen molar-refractivity contribution in [1.29, 1.82) is 0 Å². The second-order valence-corrected chi connectivity index (χ2v) is 3.84. The Bertz CT molecular complexity index is 352. The minimum Gasteiger partial charge on any atom is -0.299 e. The van der Waals surface area contributed by atoms with Crippen molar-refractivity contribution in [2.24, 2.45) is 0 Å². The topological polar surface area (TPSA) is 17.1 Å². The Balaban J connectivity index is 2.57. The van der Waals surface area contributed by atoms with E-state index in [1.165, 1.54) is 16.7 Å². The Hall–Kier alpha value is -1.11. The van der Waals surface area contributed by atoms with E-state index in [2.05, 4.69) is 25.1 Å². The average Bonchev–Trinajstić information content (AvgIpc) is 2.12. The molecule has 0 radical (unpaired) electrons. The van der Waals surface area contributed by atoms with E-state index in [9.17, 15) is 4.79 Å². The highest BCUT2D eigenvalue weighted by Crippen LogP contribution is 2.30. The maximum atomic E-state index is 11.5. The SMILES string of the molecule is Cc1cccc2c1C(C)C(=O)CC2. The number of carbonyl (C=O) groups excluding carboxylic acids is 1. The van der Waals surface area contributed by atoms with Crippen LogP contribution in [0.1, 0.15) is 36.0 Å². The molecule has 1 aliphatic carbocycles. The molecule has 1 unspecified atom stereocenters. The lowest BCUT2D eigenvalue weighted by molar-refractivity contribution is -0.120. The van der Waals surface area contributed by atoms with Gasteiger partial charge in [-0.3, -0.25) is 4.79 Å². The number of hydrogen-bond donors (Lipinski definition) is 0. The molecule has 2 rings (SSSR count). The molecule has 0 aromatic heterocycles. The van der Waals surface area contributed by atoms with Gasteiger partial charge in [0.05, 0.1) is 0 Å². The number of aryl methyl sites for hydroxylation is 2. The fourth-order valence-electron chi connectivity index (χ4n) is 2.21. The lowest BCUT2D eigenvalue weighted by atomic mass is 9.81. The predicted molar refractivity (Wildman–Crippen MR) is 52.9 cm³/mol. The summed E-state index contributed by atoms with van der Waals surface area (Å²) in [4.78, 5) is 11.5. The molecule has 0 amide bonds. The van der Waals surface area contributed by atoms with Gasteiger partial charge in [-0.1, -0.05) is 25.1 Å². The number of fused-ring (bicyclic) bond motifs is 1. The molecule has 0 saturated heterocycles. The zero-order chi connectivity index (χ0) is 9.42. The molecule has 1 atom stereocenters. The summed E-state index contributed by atoms with van der Waals surface area (Å²) in [6.45, 7) is 4.11. The number of ketones is 1. The van der Waals surface area contributed by atoms with Gasteiger partial charge in [0.1, 0.15) is 5.78 Å². The van der Waals surface area contributed by atoms with Gasteiger partial charge in [0.2, 0.25) is 0 Å². The third-order valence-corrected chi connectivity index (χ3v) is 2.97. The lowest BCUT2D eigenvalue weighted by Gasteiger charge is -2.22. The fraction of sp³-hybridized carbons (Fsp3) is 0.417. The van der Waals surface area contributed by atoms with Gasteiger partial charge in [-0.25, -0.2) is 0 Å². The molecule has 0 fully saturated rings. The fourth-order valence-corrected chi connectivity index (χ4v) is 2.21. The van der Waals surface area contributed by atoms with E-state index in [1.54, 1.807) is 0 Å². The Morgan fingerprint density at radius 2 is 2.08 bits per heavy atom. The second kappa shape index (κ2) is 2.99. The number of hydrogen-bond acceptors (Lipinski definition) is 1. The normalized spacial score (nSPS) is 21.4. The van der Waals surface area contributed by atoms with E-state index >= 15 is 0 Å². The summed E-state index contributed by atoms with van der Waals surface area (Å²) in [6, 6.07) is 6.32. The smallest absolute Gasteiger partial charge is 0.140 e. The number of benzene rings is 1. The number of carbonyl (C=O) groups is 1. The molecule has 68 valence electrons. The summed E-state index contributed by atoms with van der Waals surface area (Å²) in [5, 5.41) is 0. The molecule has 13 heavy (non-hydrogen) atoms. The van der Waals surface area contributed by atoms with Crippen molar-refractivity contribution in [3.05, 3.63) is 34.9 Å². The van der Waals surface area contributed by atoms with Crippen molar-refractivity contribution in [2.45, 2.75) is 32.6 Å². The van der Waals surface area contributed by atoms with Crippen molar-refractivity contribution in [1.82, 2.24) is 0 Å². The molecular weight excluding hydrogens is 160 g/mol. The van der Waals surface area contributed by atoms with Gasteiger partial charge >= 0.3 is 0 Å². The molecule has 1 aromatic carbocycles. The maximum Gasteiger partial charge on any atom is 0.140 e. The molecule has 0 aliphatic heterocycles. The van der Waals surface area contributed by atoms with E-state index < -0.39 is 0 Å². The van der Waals surface area contributed by atoms with Crippen LogP contribution in [0.2, 0.25) is 0 Å². The minimum atomic E-state index is 0.116. The van der Waals surface area contributed by atoms with Crippen LogP contribution in [0.15, 0.2) is 18.2 Å². The van der Waals surface area contributed by atoms with Crippen LogP contribution in [0.5, 0.6) is 0 Å². The summed E-state index contributed by atoms with van der Waals surface area (Å²) >= 11 is 0. The van der Waals surface area contributed by atoms with Gasteiger partial charge in [-0.2, -0.15) is 0 Å². The van der Waals surface area contributed by atoms with Crippen LogP contribution in [0.4, 0.5) is 0 Å². The summed E-state index contributed by atoms with van der Waals surface area (Å²) in [6.07, 6.45) is 1.65. The molecule has 0 bridgehead atoms. The van der Waals surface area contributed by atoms with Crippen LogP contribution in [0, 0.1) is 6.92 Å². The molecular formula is C12H14O. The van der Waals surface area contributed by atoms with Gasteiger partial charge < -0.3 is 0 Å². The first-order chi connectivity index (χ1) is 6.20. The van der Waals surface area contributed by atoms with Crippen molar-refractivity contribution < 1.29 is 4.79 Å². The van der Waals surface area contributed by atoms with Gasteiger partial charge in [-0.05, 0) is 30.0 Å². The first kappa shape index (κ1) is 8.49. The van der Waals surface area contributed by atoms with Gasteiger partial charge in [-0.15, -0.1) is 0 Å². The van der Waals surface area contributed by atoms with Crippen molar-refractivity contribution in [3.8, 4) is 0 Å². The van der Waals surface area contributed by atoms with Crippen molar-refractivity contribution >= 4 is 5.78 Å². The van der Waals surface area contributed by atoms with Gasteiger partial charge in [0.15, 0.2) is 0 Å². The van der Waals surface area contributed by atoms with Crippen LogP contribution in [-0.4, -0.2) is 5.78 Å². The summed E-state index contributed by atoms with van der Waals surface area (Å²) in [5.41, 5.74) is 3.91. The molecule has 1 aromatic rings. The minimum absolute atomic E-state index is 0.116. The molecule has 1 aliphatic rings. The molecule has 0 saturated carbocycles. The molecule has 0 heterocycles. The van der Waals surface area contributed by atoms with Crippen LogP contribution >= 0.6 is 0 Å². The summed E-state index contributed by atoms with van der Waals surface area (Å²) in [7, 11) is 0. The van der Waals surface area contributed by atoms with Gasteiger partial charge in [0.25, 0.3) is 0 Å². The molecule has 1 nitrogen and oxygen atoms in total. The quantitative estimate of drug-likeness (QED) is 0.591. The van der Waals surface area contributed by atoms with E-state index in [4.69, 9.17) is 0 Å². The van der Waals surface area contributed by atoms with E-state index in [0.29, 0.717) is 5.78 Å². The zero-order valence-electron chi connectivity index (χ0n) is 8.13. The highest BCUT2D eigenvalue weighted by Gasteiger charge is 2.24. The van der Waals surface area contributed by atoms with Crippen LogP contribution in [0.3, 0.4) is 0 Å². The zero-order valence-corrected chi connectivity index (χ0v) is 8.13. The molecule has 0 N–H and O–H groups in total. The Morgan fingerprint density at radius 1 is 1.31 bits per heavy atom. The highest BCUT2D eigenvalue weighted by molar-refractivity contribution is 5.88. The van der Waals surface area contributed by atoms with Gasteiger partial charge in [0, 0.05) is 12.3 Å². The second-order valence-electron chi connectivity index (χ2n) is 3.84. The molecule has 0 spiro atoms. The Morgan fingerprint density at radius 3 is 2.85 bits per heavy atom. The monoisotopic (exact) mass is 174 g/mol. The standard InChI is InChI=1S/C12H14O/c1-8-4-3-5-10-6-7-11(13)9(2)12(8)10/h3-5,9H,6-7H2,1-2H3. The first-order valence-electron chi connectivity index (χ1n) is 4.81. The van der Waals surface area contributed by atoms with Crippen LogP contribution in [-0.2, 0) is 11.2 Å². The first-order valence-corrected chi connectivity index (χ1v) is 4.81. The highest BCUT2D eigenvalue weighted by atomic mass is 16.1. The predicted octanol–water partition coefficient (Wildman–Crippen LogP) is 2.61. The molecule has 1 heteroatoms. The van der Waals surface area contributed by atoms with Crippen LogP contribution < -0.4 is 0 Å². The largest absolute Gasteiger partial charge is 0.299 e. The third-order valence-electron chi connectivity index (χ3n) is 2.97. The third kappa shape index (κ3) is 1.28. The van der Waals surface area contributed by atoms with E-state index in [0.717, 1.165) is 12.8 Å². The van der Waals surface area contributed by atoms with E-state index in [-0.39, 0.29) is 5.92 Å². The number of Topliss-reactive ketones (excluding diaryl/α,β-unsaturated/α-hetero) is 1. The lowest BCUT2D eigenvalue weighted by Crippen LogP contribution is -2.18. The van der Waals surface area contributed by atoms with E-state index in [1.807, 2.05) is 6.92 Å². The van der Waals surface area contributed by atoms with Crippen molar-refractivity contribution in [2.75, 3.05) is 0 Å². The van der Waals surface area contributed by atoms with Crippen LogP contribution in [0.25, 0.3) is 0 Å². The average molecular weight is 174 g/mol. The Labute approximate surface area is 78.8 Å². The van der Waals surface area contributed by atoms with Crippen molar-refractivity contribution in [3.63, 3.8) is 0 Å². The maximum absolute atomic E-state index is 11.5. The number of rotatable bonds is 0.